The van der Waals surface area contributed by atoms with E-state index < -0.39 is 0 Å². The first-order chi connectivity index (χ1) is 28.3. The van der Waals surface area contributed by atoms with Crippen LogP contribution in [-0.4, -0.2) is 9.13 Å². The zero-order valence-electron chi connectivity index (χ0n) is 30.9. The Kier molecular flexibility index (Phi) is 6.93. The van der Waals surface area contributed by atoms with Crippen molar-refractivity contribution in [3.63, 3.8) is 0 Å². The molecule has 0 radical (unpaired) electrons. The average Bonchev–Trinajstić information content (AvgIpc) is 3.94. The summed E-state index contributed by atoms with van der Waals surface area (Å²) in [4.78, 5) is 0. The Bertz CT molecular complexity index is 3380. The highest BCUT2D eigenvalue weighted by Crippen LogP contribution is 2.43. The predicted octanol–water partition coefficient (Wildman–Crippen LogP) is 14.8. The topological polar surface area (TPSA) is 23.0 Å². The van der Waals surface area contributed by atoms with E-state index in [1.54, 1.807) is 0 Å². The summed E-state index contributed by atoms with van der Waals surface area (Å²) >= 11 is 0. The smallest absolute Gasteiger partial charge is 0.145 e. The van der Waals surface area contributed by atoms with Gasteiger partial charge in [-0.3, -0.25) is 0 Å². The number of aromatic nitrogens is 2. The van der Waals surface area contributed by atoms with Gasteiger partial charge in [-0.15, -0.1) is 0 Å². The second kappa shape index (κ2) is 12.5. The molecule has 3 heteroatoms. The van der Waals surface area contributed by atoms with Crippen LogP contribution in [0.3, 0.4) is 0 Å². The maximum atomic E-state index is 6.75. The van der Waals surface area contributed by atoms with Crippen LogP contribution in [0.5, 0.6) is 0 Å². The first-order valence-corrected chi connectivity index (χ1v) is 19.5. The monoisotopic (exact) mass is 726 g/mol. The van der Waals surface area contributed by atoms with Gasteiger partial charge in [-0.1, -0.05) is 127 Å². The molecule has 3 heterocycles. The van der Waals surface area contributed by atoms with Crippen LogP contribution < -0.4 is 0 Å². The fourth-order valence-electron chi connectivity index (χ4n) is 9.08. The highest BCUT2D eigenvalue weighted by Gasteiger charge is 2.21. The van der Waals surface area contributed by atoms with Crippen molar-refractivity contribution in [1.82, 2.24) is 9.13 Å². The average molecular weight is 727 g/mol. The molecule has 3 nitrogen and oxygen atoms in total. The Morgan fingerprint density at radius 1 is 0.281 bits per heavy atom. The number of hydrogen-bond donors (Lipinski definition) is 0. The van der Waals surface area contributed by atoms with Crippen LogP contribution in [0, 0.1) is 0 Å². The van der Waals surface area contributed by atoms with E-state index in [0.29, 0.717) is 0 Å². The Labute approximate surface area is 328 Å². The Hall–Kier alpha value is -7.62. The van der Waals surface area contributed by atoms with E-state index in [-0.39, 0.29) is 0 Å². The van der Waals surface area contributed by atoms with E-state index >= 15 is 0 Å². The third-order valence-corrected chi connectivity index (χ3v) is 11.7. The van der Waals surface area contributed by atoms with Gasteiger partial charge in [0.2, 0.25) is 0 Å². The van der Waals surface area contributed by atoms with Gasteiger partial charge in [0, 0.05) is 38.3 Å². The minimum atomic E-state index is 0.899. The Morgan fingerprint density at radius 3 is 1.39 bits per heavy atom. The van der Waals surface area contributed by atoms with Crippen LogP contribution >= 0.6 is 0 Å². The maximum Gasteiger partial charge on any atom is 0.145 e. The van der Waals surface area contributed by atoms with E-state index in [0.717, 1.165) is 55.1 Å². The molecule has 0 aliphatic heterocycles. The first kappa shape index (κ1) is 31.7. The summed E-state index contributed by atoms with van der Waals surface area (Å²) in [6, 6.07) is 74.4. The minimum absolute atomic E-state index is 0.899. The molecule has 12 rings (SSSR count). The maximum absolute atomic E-state index is 6.75. The number of nitrogens with zero attached hydrogens (tertiary/aromatic N) is 2. The molecule has 0 spiro atoms. The molecule has 3 aromatic heterocycles. The SMILES string of the molecule is c1ccc(-c2cc(-c3ccccc3)cc(-c3ccc(-n4c5ccc(-n6c7ccccc7c7ccccc76)cc5c5c6oc7ccccc7c6ccc54)cc3)c2)cc1. The van der Waals surface area contributed by atoms with Gasteiger partial charge in [-0.2, -0.15) is 0 Å². The van der Waals surface area contributed by atoms with E-state index in [9.17, 15) is 0 Å². The second-order valence-electron chi connectivity index (χ2n) is 14.9. The fraction of sp³-hybridized carbons (Fsp3) is 0. The number of benzene rings is 9. The van der Waals surface area contributed by atoms with Gasteiger partial charge in [0.05, 0.1) is 27.5 Å². The molecule has 12 aromatic rings. The Morgan fingerprint density at radius 2 is 0.754 bits per heavy atom. The number of hydrogen-bond acceptors (Lipinski definition) is 1. The highest BCUT2D eigenvalue weighted by atomic mass is 16.3. The van der Waals surface area contributed by atoms with Crippen LogP contribution in [0.25, 0.3) is 110 Å². The summed E-state index contributed by atoms with van der Waals surface area (Å²) < 4.78 is 11.5. The molecule has 0 saturated carbocycles. The third-order valence-electron chi connectivity index (χ3n) is 11.7. The fourth-order valence-corrected chi connectivity index (χ4v) is 9.08. The van der Waals surface area contributed by atoms with Crippen molar-refractivity contribution in [2.75, 3.05) is 0 Å². The number of fused-ring (bicyclic) bond motifs is 10. The molecule has 0 unspecified atom stereocenters. The molecular formula is C54H34N2O. The molecule has 0 bridgehead atoms. The zero-order chi connectivity index (χ0) is 37.5. The summed E-state index contributed by atoms with van der Waals surface area (Å²) in [6.45, 7) is 0. The largest absolute Gasteiger partial charge is 0.455 e. The summed E-state index contributed by atoms with van der Waals surface area (Å²) in [7, 11) is 0. The molecule has 0 aliphatic carbocycles. The summed E-state index contributed by atoms with van der Waals surface area (Å²) in [5, 5.41) is 7.03. The quantitative estimate of drug-likeness (QED) is 0.173. The lowest BCUT2D eigenvalue weighted by Gasteiger charge is -2.13. The predicted molar refractivity (Wildman–Crippen MR) is 239 cm³/mol. The van der Waals surface area contributed by atoms with E-state index in [1.807, 2.05) is 6.07 Å². The summed E-state index contributed by atoms with van der Waals surface area (Å²) in [5.41, 5.74) is 15.8. The van der Waals surface area contributed by atoms with Gasteiger partial charge in [0.15, 0.2) is 0 Å². The summed E-state index contributed by atoms with van der Waals surface area (Å²) in [5.74, 6) is 0. The van der Waals surface area contributed by atoms with Crippen LogP contribution in [0.15, 0.2) is 211 Å². The van der Waals surface area contributed by atoms with Crippen LogP contribution in [-0.2, 0) is 0 Å². The third kappa shape index (κ3) is 4.92. The van der Waals surface area contributed by atoms with Crippen LogP contribution in [0.4, 0.5) is 0 Å². The van der Waals surface area contributed by atoms with Crippen molar-refractivity contribution in [3.8, 4) is 44.8 Å². The van der Waals surface area contributed by atoms with Crippen molar-refractivity contribution in [3.05, 3.63) is 206 Å². The van der Waals surface area contributed by atoms with Crippen molar-refractivity contribution in [2.45, 2.75) is 0 Å². The molecule has 0 N–H and O–H groups in total. The standard InChI is InChI=1S/C54H34N2O/c1-3-13-35(14-4-1)38-31-39(36-15-5-2-6-16-36)33-40(32-38)37-23-25-41(26-24-37)55-50-29-27-42(56-48-20-10-7-17-43(48)44-18-8-11-21-49(44)56)34-47(50)53-51(55)30-28-46-45-19-9-12-22-52(45)57-54(46)53/h1-34H. The molecule has 0 saturated heterocycles. The molecule has 0 aliphatic rings. The second-order valence-corrected chi connectivity index (χ2v) is 14.9. The van der Waals surface area contributed by atoms with E-state index in [4.69, 9.17) is 4.42 Å². The minimum Gasteiger partial charge on any atom is -0.455 e. The van der Waals surface area contributed by atoms with Gasteiger partial charge in [-0.05, 0) is 112 Å². The highest BCUT2D eigenvalue weighted by molar-refractivity contribution is 6.24. The number of para-hydroxylation sites is 3. The molecule has 0 atom stereocenters. The van der Waals surface area contributed by atoms with Gasteiger partial charge >= 0.3 is 0 Å². The van der Waals surface area contributed by atoms with Gasteiger partial charge < -0.3 is 13.6 Å². The number of furan rings is 1. The van der Waals surface area contributed by atoms with Crippen molar-refractivity contribution in [2.24, 2.45) is 0 Å². The first-order valence-electron chi connectivity index (χ1n) is 19.5. The summed E-state index contributed by atoms with van der Waals surface area (Å²) in [6.07, 6.45) is 0. The lowest BCUT2D eigenvalue weighted by molar-refractivity contribution is 0.673. The normalized spacial score (nSPS) is 11.9. The van der Waals surface area contributed by atoms with Crippen molar-refractivity contribution < 1.29 is 4.42 Å². The van der Waals surface area contributed by atoms with E-state index in [1.165, 1.54) is 55.2 Å². The van der Waals surface area contributed by atoms with Gasteiger partial charge in [0.1, 0.15) is 11.2 Å². The Balaban J connectivity index is 1.07. The molecule has 57 heavy (non-hydrogen) atoms. The van der Waals surface area contributed by atoms with Gasteiger partial charge in [0.25, 0.3) is 0 Å². The zero-order valence-corrected chi connectivity index (χ0v) is 30.9. The van der Waals surface area contributed by atoms with Crippen molar-refractivity contribution in [1.29, 1.82) is 0 Å². The molecule has 0 amide bonds. The lowest BCUT2D eigenvalue weighted by atomic mass is 9.93. The number of rotatable bonds is 5. The van der Waals surface area contributed by atoms with Crippen LogP contribution in [0.1, 0.15) is 0 Å². The molecule has 9 aromatic carbocycles. The lowest BCUT2D eigenvalue weighted by Crippen LogP contribution is -1.96. The van der Waals surface area contributed by atoms with Crippen LogP contribution in [0.2, 0.25) is 0 Å². The van der Waals surface area contributed by atoms with Crippen molar-refractivity contribution >= 4 is 65.6 Å². The molecular weight excluding hydrogens is 693 g/mol. The molecule has 0 fully saturated rings. The van der Waals surface area contributed by atoms with E-state index in [2.05, 4.69) is 209 Å². The van der Waals surface area contributed by atoms with Gasteiger partial charge in [-0.25, -0.2) is 0 Å². The molecule has 266 valence electrons.